The predicted octanol–water partition coefficient (Wildman–Crippen LogP) is 3.37. The van der Waals surface area contributed by atoms with E-state index in [1.54, 1.807) is 16.3 Å². The molecule has 9 nitrogen and oxygen atoms in total. The van der Waals surface area contributed by atoms with Gasteiger partial charge in [-0.15, -0.1) is 0 Å². The predicted molar refractivity (Wildman–Crippen MR) is 131 cm³/mol. The van der Waals surface area contributed by atoms with Gasteiger partial charge in [0.05, 0.1) is 17.3 Å². The highest BCUT2D eigenvalue weighted by atomic mass is 19.1. The summed E-state index contributed by atoms with van der Waals surface area (Å²) in [5, 5.41) is 11.1. The maximum Gasteiger partial charge on any atom is 0.257 e. The number of allylic oxidation sites excluding steroid dienone is 2. The first-order valence-corrected chi connectivity index (χ1v) is 12.9. The molecule has 1 saturated carbocycles. The molecule has 2 amide bonds. The van der Waals surface area contributed by atoms with E-state index in [0.717, 1.165) is 55.0 Å². The number of halogens is 1. The van der Waals surface area contributed by atoms with Crippen molar-refractivity contribution in [1.29, 1.82) is 0 Å². The largest absolute Gasteiger partial charge is 0.487 e. The number of nitrogens with zero attached hydrogens (tertiary/aromatic N) is 4. The quantitative estimate of drug-likeness (QED) is 0.631. The summed E-state index contributed by atoms with van der Waals surface area (Å²) in [6, 6.07) is 3.76. The van der Waals surface area contributed by atoms with Gasteiger partial charge in [-0.3, -0.25) is 9.59 Å². The van der Waals surface area contributed by atoms with Gasteiger partial charge in [0, 0.05) is 55.7 Å². The minimum absolute atomic E-state index is 0.192. The molecule has 2 atom stereocenters. The molecule has 2 aromatic rings. The number of aromatic nitrogens is 3. The van der Waals surface area contributed by atoms with Crippen LogP contribution < -0.4 is 10.6 Å². The first kappa shape index (κ1) is 23.0. The average molecular weight is 495 g/mol. The second-order valence-corrected chi connectivity index (χ2v) is 10.2. The van der Waals surface area contributed by atoms with Crippen LogP contribution >= 0.6 is 0 Å². The monoisotopic (exact) mass is 494 g/mol. The van der Waals surface area contributed by atoms with Gasteiger partial charge in [0.25, 0.3) is 11.8 Å². The highest BCUT2D eigenvalue weighted by Crippen LogP contribution is 2.41. The highest BCUT2D eigenvalue weighted by Gasteiger charge is 2.35. The Bertz CT molecular complexity index is 1280. The Kier molecular flexibility index (Phi) is 5.89. The Balaban J connectivity index is 1.44. The standard InChI is InChI=1S/C26H31FN6O3/c1-15-10-22-17(11-18(15)27)26(35)32-9-3-2-4-21(32)20-13-24-30-19(16-5-6-16)12-23(33(24)31-20)28-7-8-29-25(34)14-36-22/h11-13,15-16,21,28H,2-10,14H2,1H3,(H,29,34)/t15?,21-/m0/s1. The van der Waals surface area contributed by atoms with Crippen molar-refractivity contribution >= 4 is 23.3 Å². The van der Waals surface area contributed by atoms with Crippen LogP contribution in [0.3, 0.4) is 0 Å². The number of fused-ring (bicyclic) bond motifs is 3. The number of carbonyl (C=O) groups is 2. The average Bonchev–Trinajstić information content (AvgIpc) is 3.64. The summed E-state index contributed by atoms with van der Waals surface area (Å²) in [5.74, 6) is 0.317. The zero-order valence-corrected chi connectivity index (χ0v) is 20.4. The molecule has 6 rings (SSSR count). The van der Waals surface area contributed by atoms with Crippen LogP contribution in [-0.2, 0) is 14.3 Å². The number of hydrogen-bond acceptors (Lipinski definition) is 6. The fourth-order valence-electron chi connectivity index (χ4n) is 5.29. The van der Waals surface area contributed by atoms with E-state index in [1.807, 2.05) is 12.1 Å². The van der Waals surface area contributed by atoms with Crippen molar-refractivity contribution in [2.45, 2.75) is 57.4 Å². The second-order valence-electron chi connectivity index (χ2n) is 10.2. The van der Waals surface area contributed by atoms with Gasteiger partial charge < -0.3 is 20.3 Å². The van der Waals surface area contributed by atoms with Crippen molar-refractivity contribution in [3.8, 4) is 0 Å². The van der Waals surface area contributed by atoms with Crippen LogP contribution in [0, 0.1) is 5.92 Å². The van der Waals surface area contributed by atoms with Gasteiger partial charge in [-0.05, 0) is 38.2 Å². The Hall–Kier alpha value is -3.43. The van der Waals surface area contributed by atoms with Gasteiger partial charge in [-0.2, -0.15) is 9.61 Å². The molecule has 36 heavy (non-hydrogen) atoms. The lowest BCUT2D eigenvalue weighted by Gasteiger charge is -2.36. The Morgan fingerprint density at radius 2 is 1.92 bits per heavy atom. The molecule has 0 radical (unpaired) electrons. The summed E-state index contributed by atoms with van der Waals surface area (Å²) in [4.78, 5) is 32.9. The number of piperidine rings is 1. The molecule has 2 aliphatic heterocycles. The third-order valence-corrected chi connectivity index (χ3v) is 7.47. The lowest BCUT2D eigenvalue weighted by molar-refractivity contribution is -0.131. The molecule has 2 N–H and O–H groups in total. The molecule has 0 spiro atoms. The van der Waals surface area contributed by atoms with Gasteiger partial charge in [0.2, 0.25) is 0 Å². The summed E-state index contributed by atoms with van der Waals surface area (Å²) in [6.45, 7) is 2.98. The molecule has 1 unspecified atom stereocenters. The molecule has 4 aliphatic rings. The van der Waals surface area contributed by atoms with Gasteiger partial charge in [-0.25, -0.2) is 9.37 Å². The van der Waals surface area contributed by atoms with E-state index in [2.05, 4.69) is 10.6 Å². The number of anilines is 1. The summed E-state index contributed by atoms with van der Waals surface area (Å²) >= 11 is 0. The molecule has 2 aromatic heterocycles. The highest BCUT2D eigenvalue weighted by molar-refractivity contribution is 5.97. The Morgan fingerprint density at radius 1 is 1.08 bits per heavy atom. The third-order valence-electron chi connectivity index (χ3n) is 7.47. The van der Waals surface area contributed by atoms with Gasteiger partial charge in [-0.1, -0.05) is 6.92 Å². The van der Waals surface area contributed by atoms with Crippen molar-refractivity contribution in [2.75, 3.05) is 31.6 Å². The second kappa shape index (κ2) is 9.22. The lowest BCUT2D eigenvalue weighted by Crippen LogP contribution is -2.40. The first-order valence-electron chi connectivity index (χ1n) is 12.9. The van der Waals surface area contributed by atoms with Crippen molar-refractivity contribution in [3.63, 3.8) is 0 Å². The minimum atomic E-state index is -0.407. The molecule has 4 heterocycles. The topological polar surface area (TPSA) is 101 Å². The van der Waals surface area contributed by atoms with Crippen LogP contribution in [0.15, 0.2) is 35.4 Å². The first-order chi connectivity index (χ1) is 17.5. The molecule has 190 valence electrons. The van der Waals surface area contributed by atoms with E-state index in [-0.39, 0.29) is 42.3 Å². The molecular weight excluding hydrogens is 463 g/mol. The Morgan fingerprint density at radius 3 is 2.75 bits per heavy atom. The van der Waals surface area contributed by atoms with E-state index < -0.39 is 5.92 Å². The van der Waals surface area contributed by atoms with Crippen LogP contribution in [0.4, 0.5) is 10.2 Å². The van der Waals surface area contributed by atoms with E-state index in [4.69, 9.17) is 14.8 Å². The fraction of sp³-hybridized carbons (Fsp3) is 0.538. The normalized spacial score (nSPS) is 25.6. The number of amides is 2. The molecule has 10 heteroatoms. The lowest BCUT2D eigenvalue weighted by atomic mass is 9.92. The molecule has 2 aliphatic carbocycles. The molecule has 2 bridgehead atoms. The van der Waals surface area contributed by atoms with Crippen LogP contribution in [0.25, 0.3) is 5.65 Å². The number of carbonyl (C=O) groups excluding carboxylic acids is 2. The van der Waals surface area contributed by atoms with Crippen LogP contribution in [0.2, 0.25) is 0 Å². The van der Waals surface area contributed by atoms with Gasteiger partial charge in [0.1, 0.15) is 17.4 Å². The minimum Gasteiger partial charge on any atom is -0.487 e. The van der Waals surface area contributed by atoms with Crippen molar-refractivity contribution in [2.24, 2.45) is 5.92 Å². The molecule has 0 aromatic carbocycles. The zero-order valence-electron chi connectivity index (χ0n) is 20.4. The molecular formula is C26H31FN6O3. The van der Waals surface area contributed by atoms with E-state index in [1.165, 1.54) is 6.08 Å². The van der Waals surface area contributed by atoms with Crippen molar-refractivity contribution < 1.29 is 18.7 Å². The van der Waals surface area contributed by atoms with E-state index in [0.29, 0.717) is 31.3 Å². The number of ether oxygens (including phenoxy) is 1. The number of rotatable bonds is 1. The van der Waals surface area contributed by atoms with E-state index >= 15 is 0 Å². The SMILES string of the molecule is CC1CC2=C(C=C1F)C(=O)N1CCCC[C@H]1c1cc3nc(C4CC4)cc(n3n1)NCCNC(=O)CO2. The maximum atomic E-state index is 14.7. The summed E-state index contributed by atoms with van der Waals surface area (Å²) in [7, 11) is 0. The van der Waals surface area contributed by atoms with Crippen LogP contribution in [0.5, 0.6) is 0 Å². The number of hydrogen-bond donors (Lipinski definition) is 2. The van der Waals surface area contributed by atoms with Crippen LogP contribution in [-0.4, -0.2) is 57.6 Å². The molecule has 2 fully saturated rings. The summed E-state index contributed by atoms with van der Waals surface area (Å²) in [6.07, 6.45) is 6.38. The fourth-order valence-corrected chi connectivity index (χ4v) is 5.29. The van der Waals surface area contributed by atoms with Crippen molar-refractivity contribution in [1.82, 2.24) is 24.8 Å². The third kappa shape index (κ3) is 4.33. The van der Waals surface area contributed by atoms with Crippen molar-refractivity contribution in [3.05, 3.63) is 46.8 Å². The van der Waals surface area contributed by atoms with E-state index in [9.17, 15) is 14.0 Å². The van der Waals surface area contributed by atoms with Crippen LogP contribution in [0.1, 0.15) is 68.8 Å². The smallest absolute Gasteiger partial charge is 0.257 e. The zero-order chi connectivity index (χ0) is 24.8. The Labute approximate surface area is 208 Å². The van der Waals surface area contributed by atoms with Gasteiger partial charge >= 0.3 is 0 Å². The summed E-state index contributed by atoms with van der Waals surface area (Å²) < 4.78 is 22.3. The summed E-state index contributed by atoms with van der Waals surface area (Å²) in [5.41, 5.74) is 2.75. The van der Waals surface area contributed by atoms with Gasteiger partial charge in [0.15, 0.2) is 12.3 Å². The molecule has 1 saturated heterocycles. The number of nitrogens with one attached hydrogen (secondary N) is 2. The maximum absolute atomic E-state index is 14.7.